The highest BCUT2D eigenvalue weighted by Gasteiger charge is 2.19. The number of aromatic nitrogens is 1. The van der Waals surface area contributed by atoms with Crippen LogP contribution in [0.5, 0.6) is 5.75 Å². The number of aliphatic imine (C=N–C) groups is 1. The first-order chi connectivity index (χ1) is 8.26. The van der Waals surface area contributed by atoms with E-state index in [2.05, 4.69) is 9.98 Å². The minimum atomic E-state index is -0.222. The molecule has 84 valence electrons. The average molecular weight is 227 g/mol. The molecule has 0 spiro atoms. The van der Waals surface area contributed by atoms with Gasteiger partial charge in [-0.1, -0.05) is 0 Å². The van der Waals surface area contributed by atoms with Gasteiger partial charge in [0.15, 0.2) is 5.78 Å². The molecule has 2 heterocycles. The van der Waals surface area contributed by atoms with Crippen molar-refractivity contribution in [3.05, 3.63) is 29.6 Å². The molecule has 0 saturated heterocycles. The number of carbonyl (C=O) groups is 1. The van der Waals surface area contributed by atoms with Crippen LogP contribution in [-0.4, -0.2) is 24.1 Å². The number of carbonyl (C=O) groups excluding carboxylic acids is 1. The highest BCUT2D eigenvalue weighted by atomic mass is 16.5. The molecule has 1 aromatic rings. The average Bonchev–Trinajstić information content (AvgIpc) is 2.38. The third-order valence-corrected chi connectivity index (χ3v) is 2.35. The zero-order valence-electron chi connectivity index (χ0n) is 9.17. The first kappa shape index (κ1) is 11.0. The summed E-state index contributed by atoms with van der Waals surface area (Å²) in [5, 5.41) is 8.97. The van der Waals surface area contributed by atoms with E-state index in [-0.39, 0.29) is 17.8 Å². The van der Waals surface area contributed by atoms with E-state index in [1.54, 1.807) is 18.5 Å². The zero-order chi connectivity index (χ0) is 12.3. The molecule has 0 saturated carbocycles. The molecule has 1 aromatic heterocycles. The van der Waals surface area contributed by atoms with Crippen molar-refractivity contribution in [2.75, 3.05) is 7.11 Å². The van der Waals surface area contributed by atoms with Crippen LogP contribution in [0.3, 0.4) is 0 Å². The lowest BCUT2D eigenvalue weighted by Crippen LogP contribution is -2.08. The number of nitriles is 1. The smallest absolute Gasteiger partial charge is 0.180 e. The van der Waals surface area contributed by atoms with Crippen molar-refractivity contribution >= 4 is 17.7 Å². The summed E-state index contributed by atoms with van der Waals surface area (Å²) in [6.07, 6.45) is 4.76. The molecule has 2 rings (SSSR count). The fourth-order valence-electron chi connectivity index (χ4n) is 1.51. The van der Waals surface area contributed by atoms with Gasteiger partial charge in [-0.3, -0.25) is 14.8 Å². The van der Waals surface area contributed by atoms with Gasteiger partial charge in [0.1, 0.15) is 17.4 Å². The largest absolute Gasteiger partial charge is 0.495 e. The molecule has 17 heavy (non-hydrogen) atoms. The summed E-state index contributed by atoms with van der Waals surface area (Å²) in [5.41, 5.74) is 1.03. The third kappa shape index (κ3) is 2.06. The molecule has 1 aliphatic heterocycles. The zero-order valence-corrected chi connectivity index (χ0v) is 9.17. The van der Waals surface area contributed by atoms with Gasteiger partial charge < -0.3 is 4.74 Å². The second-order valence-corrected chi connectivity index (χ2v) is 3.39. The van der Waals surface area contributed by atoms with Crippen molar-refractivity contribution < 1.29 is 9.53 Å². The molecule has 0 aromatic carbocycles. The first-order valence-corrected chi connectivity index (χ1v) is 4.95. The van der Waals surface area contributed by atoms with Crippen LogP contribution in [0.4, 0.5) is 0 Å². The van der Waals surface area contributed by atoms with Crippen LogP contribution in [-0.2, 0) is 4.79 Å². The van der Waals surface area contributed by atoms with E-state index >= 15 is 0 Å². The number of allylic oxidation sites excluding steroid dienone is 1. The summed E-state index contributed by atoms with van der Waals surface area (Å²) in [4.78, 5) is 19.6. The van der Waals surface area contributed by atoms with Crippen LogP contribution >= 0.6 is 0 Å². The molecule has 1 aliphatic rings. The number of nitrogens with zero attached hydrogens (tertiary/aromatic N) is 3. The van der Waals surface area contributed by atoms with Crippen LogP contribution in [0, 0.1) is 11.3 Å². The summed E-state index contributed by atoms with van der Waals surface area (Å²) < 4.78 is 5.04. The summed E-state index contributed by atoms with van der Waals surface area (Å²) in [6, 6.07) is 3.58. The number of Topliss-reactive ketones (excluding diaryl/α,β-unsaturated/α-hetero) is 1. The second-order valence-electron chi connectivity index (χ2n) is 3.39. The highest BCUT2D eigenvalue weighted by Crippen LogP contribution is 2.25. The molecule has 5 heteroatoms. The minimum Gasteiger partial charge on any atom is -0.495 e. The summed E-state index contributed by atoms with van der Waals surface area (Å²) in [7, 11) is 1.52. The van der Waals surface area contributed by atoms with E-state index in [1.807, 2.05) is 6.07 Å². The molecule has 0 bridgehead atoms. The summed E-state index contributed by atoms with van der Waals surface area (Å²) in [5.74, 6) is 0.334. The Balaban J connectivity index is 2.55. The van der Waals surface area contributed by atoms with E-state index in [0.717, 1.165) is 0 Å². The number of hydrogen-bond acceptors (Lipinski definition) is 5. The van der Waals surface area contributed by atoms with E-state index in [4.69, 9.17) is 10.00 Å². The maximum atomic E-state index is 11.5. The van der Waals surface area contributed by atoms with E-state index in [1.165, 1.54) is 13.3 Å². The third-order valence-electron chi connectivity index (χ3n) is 2.35. The summed E-state index contributed by atoms with van der Waals surface area (Å²) in [6.45, 7) is 0. The Hall–Kier alpha value is -2.48. The van der Waals surface area contributed by atoms with Crippen molar-refractivity contribution in [3.63, 3.8) is 0 Å². The SMILES string of the molecule is COc1cncc(C2=C(C#N)C(=O)CC=N2)c1. The molecule has 0 unspecified atom stereocenters. The van der Waals surface area contributed by atoms with Gasteiger partial charge in [0.25, 0.3) is 0 Å². The molecule has 0 radical (unpaired) electrons. The number of ketones is 1. The van der Waals surface area contributed by atoms with Gasteiger partial charge in [-0.2, -0.15) is 5.26 Å². The Kier molecular flexibility index (Phi) is 2.97. The quantitative estimate of drug-likeness (QED) is 0.764. The number of pyridine rings is 1. The molecule has 0 N–H and O–H groups in total. The Morgan fingerprint density at radius 1 is 1.47 bits per heavy atom. The van der Waals surface area contributed by atoms with Crippen molar-refractivity contribution in [2.24, 2.45) is 4.99 Å². The number of hydrogen-bond donors (Lipinski definition) is 0. The van der Waals surface area contributed by atoms with Crippen LogP contribution in [0.15, 0.2) is 29.0 Å². The van der Waals surface area contributed by atoms with Crippen molar-refractivity contribution in [2.45, 2.75) is 6.42 Å². The van der Waals surface area contributed by atoms with Crippen LogP contribution in [0.1, 0.15) is 12.0 Å². The fourth-order valence-corrected chi connectivity index (χ4v) is 1.51. The molecule has 0 aliphatic carbocycles. The van der Waals surface area contributed by atoms with Crippen molar-refractivity contribution in [3.8, 4) is 11.8 Å². The molecular formula is C12H9N3O2. The normalized spacial score (nSPS) is 14.7. The summed E-state index contributed by atoms with van der Waals surface area (Å²) >= 11 is 0. The van der Waals surface area contributed by atoms with Gasteiger partial charge in [0.2, 0.25) is 0 Å². The van der Waals surface area contributed by atoms with Crippen molar-refractivity contribution in [1.29, 1.82) is 5.26 Å². The lowest BCUT2D eigenvalue weighted by molar-refractivity contribution is -0.114. The lowest BCUT2D eigenvalue weighted by Gasteiger charge is -2.09. The van der Waals surface area contributed by atoms with Gasteiger partial charge >= 0.3 is 0 Å². The Labute approximate surface area is 98.1 Å². The predicted octanol–water partition coefficient (Wildman–Crippen LogP) is 1.37. The molecule has 0 atom stereocenters. The van der Waals surface area contributed by atoms with Crippen LogP contribution < -0.4 is 4.74 Å². The monoisotopic (exact) mass is 227 g/mol. The van der Waals surface area contributed by atoms with Gasteiger partial charge in [0.05, 0.1) is 19.0 Å². The minimum absolute atomic E-state index is 0.0718. The fraction of sp³-hybridized carbons (Fsp3) is 0.167. The molecule has 5 nitrogen and oxygen atoms in total. The topological polar surface area (TPSA) is 75.3 Å². The molecule has 0 fully saturated rings. The van der Waals surface area contributed by atoms with Crippen LogP contribution in [0.25, 0.3) is 5.70 Å². The Bertz CT molecular complexity index is 567. The Morgan fingerprint density at radius 3 is 3.00 bits per heavy atom. The number of rotatable bonds is 2. The van der Waals surface area contributed by atoms with Crippen LogP contribution in [0.2, 0.25) is 0 Å². The maximum absolute atomic E-state index is 11.5. The second kappa shape index (κ2) is 4.58. The van der Waals surface area contributed by atoms with Gasteiger partial charge in [-0.15, -0.1) is 0 Å². The predicted molar refractivity (Wildman–Crippen MR) is 61.4 cm³/mol. The van der Waals surface area contributed by atoms with Crippen molar-refractivity contribution in [1.82, 2.24) is 4.98 Å². The Morgan fingerprint density at radius 2 is 2.29 bits per heavy atom. The van der Waals surface area contributed by atoms with E-state index in [9.17, 15) is 4.79 Å². The molecular weight excluding hydrogens is 218 g/mol. The molecule has 0 amide bonds. The van der Waals surface area contributed by atoms with E-state index < -0.39 is 0 Å². The van der Waals surface area contributed by atoms with Gasteiger partial charge in [-0.05, 0) is 6.07 Å². The highest BCUT2D eigenvalue weighted by molar-refractivity contribution is 6.14. The maximum Gasteiger partial charge on any atom is 0.180 e. The lowest BCUT2D eigenvalue weighted by atomic mass is 10.0. The number of methoxy groups -OCH3 is 1. The number of ether oxygens (including phenoxy) is 1. The first-order valence-electron chi connectivity index (χ1n) is 4.95. The van der Waals surface area contributed by atoms with Gasteiger partial charge in [-0.25, -0.2) is 0 Å². The van der Waals surface area contributed by atoms with Gasteiger partial charge in [0, 0.05) is 24.4 Å². The van der Waals surface area contributed by atoms with E-state index in [0.29, 0.717) is 17.0 Å². The standard InChI is InChI=1S/C12H9N3O2/c1-17-9-4-8(6-14-7-9)12-10(5-13)11(16)2-3-15-12/h3-4,6-7H,2H2,1H3.